The zero-order valence-corrected chi connectivity index (χ0v) is 17.4. The molecule has 152 valence electrons. The Morgan fingerprint density at radius 3 is 2.52 bits per heavy atom. The second kappa shape index (κ2) is 10.5. The first-order chi connectivity index (χ1) is 13.0. The predicted octanol–water partition coefficient (Wildman–Crippen LogP) is 2.73. The van der Waals surface area contributed by atoms with Gasteiger partial charge in [0.15, 0.2) is 10.8 Å². The number of aromatic amines is 1. The fourth-order valence-electron chi connectivity index (χ4n) is 3.51. The molecular formula is C19H33N5O2S. The van der Waals surface area contributed by atoms with Crippen LogP contribution < -0.4 is 27.2 Å². The minimum Gasteiger partial charge on any atom is -0.383 e. The van der Waals surface area contributed by atoms with Gasteiger partial charge in [-0.2, -0.15) is 0 Å². The summed E-state index contributed by atoms with van der Waals surface area (Å²) < 4.78 is 1.45. The lowest BCUT2D eigenvalue weighted by molar-refractivity contribution is 0.413. The Balaban J connectivity index is 2.35. The van der Waals surface area contributed by atoms with Gasteiger partial charge >= 0.3 is 5.69 Å². The van der Waals surface area contributed by atoms with E-state index in [-0.39, 0.29) is 11.5 Å². The van der Waals surface area contributed by atoms with E-state index in [1.165, 1.54) is 23.8 Å². The largest absolute Gasteiger partial charge is 0.383 e. The lowest BCUT2D eigenvalue weighted by Gasteiger charge is -2.31. The maximum absolute atomic E-state index is 12.6. The second-order valence-corrected chi connectivity index (χ2v) is 7.67. The molecular weight excluding hydrogens is 362 g/mol. The molecule has 0 spiro atoms. The van der Waals surface area contributed by atoms with Crippen molar-refractivity contribution in [2.45, 2.75) is 84.2 Å². The standard InChI is InChI=1S/C19H33N5O2S/c1-3-5-12-23(19(27)21-14-10-8-7-9-11-14)15-16(20)24(13-6-4-2)18(26)22-17(15)25/h14H,3-13,20H2,1-2H3,(H,21,27)(H,22,25,26). The van der Waals surface area contributed by atoms with Crippen LogP contribution in [0.2, 0.25) is 0 Å². The van der Waals surface area contributed by atoms with Crippen molar-refractivity contribution < 1.29 is 0 Å². The third kappa shape index (κ3) is 5.57. The third-order valence-corrected chi connectivity index (χ3v) is 5.47. The van der Waals surface area contributed by atoms with Crippen LogP contribution in [0.1, 0.15) is 71.6 Å². The second-order valence-electron chi connectivity index (χ2n) is 7.29. The Morgan fingerprint density at radius 1 is 1.22 bits per heavy atom. The summed E-state index contributed by atoms with van der Waals surface area (Å²) in [6.45, 7) is 5.21. The highest BCUT2D eigenvalue weighted by atomic mass is 32.1. The van der Waals surface area contributed by atoms with E-state index >= 15 is 0 Å². The number of unbranched alkanes of at least 4 members (excludes halogenated alkanes) is 2. The first-order valence-corrected chi connectivity index (χ1v) is 10.6. The third-order valence-electron chi connectivity index (χ3n) is 5.13. The molecule has 0 radical (unpaired) electrons. The molecule has 4 N–H and O–H groups in total. The summed E-state index contributed by atoms with van der Waals surface area (Å²) in [4.78, 5) is 29.0. The van der Waals surface area contributed by atoms with Crippen LogP contribution in [0.25, 0.3) is 0 Å². The average Bonchev–Trinajstić information content (AvgIpc) is 2.64. The molecule has 0 saturated heterocycles. The van der Waals surface area contributed by atoms with Gasteiger partial charge in [0, 0.05) is 19.1 Å². The molecule has 0 bridgehead atoms. The van der Waals surface area contributed by atoms with Crippen molar-refractivity contribution in [1.82, 2.24) is 14.9 Å². The molecule has 0 amide bonds. The summed E-state index contributed by atoms with van der Waals surface area (Å²) in [6.07, 6.45) is 9.42. The molecule has 0 atom stereocenters. The van der Waals surface area contributed by atoms with Crippen molar-refractivity contribution in [3.63, 3.8) is 0 Å². The van der Waals surface area contributed by atoms with Crippen LogP contribution in [0.15, 0.2) is 9.59 Å². The molecule has 1 aromatic rings. The van der Waals surface area contributed by atoms with Crippen LogP contribution in [-0.4, -0.2) is 27.3 Å². The van der Waals surface area contributed by atoms with E-state index in [1.54, 1.807) is 4.90 Å². The Hall–Kier alpha value is -1.83. The minimum atomic E-state index is -0.478. The number of aromatic nitrogens is 2. The summed E-state index contributed by atoms with van der Waals surface area (Å²) >= 11 is 5.65. The van der Waals surface area contributed by atoms with Gasteiger partial charge in [-0.3, -0.25) is 14.3 Å². The van der Waals surface area contributed by atoms with Gasteiger partial charge in [-0.25, -0.2) is 4.79 Å². The highest BCUT2D eigenvalue weighted by Crippen LogP contribution is 2.21. The number of H-pyrrole nitrogens is 1. The molecule has 1 fully saturated rings. The zero-order chi connectivity index (χ0) is 19.8. The number of nitrogens with zero attached hydrogens (tertiary/aromatic N) is 2. The van der Waals surface area contributed by atoms with Gasteiger partial charge < -0.3 is 16.0 Å². The van der Waals surface area contributed by atoms with Crippen LogP contribution in [0.5, 0.6) is 0 Å². The maximum Gasteiger partial charge on any atom is 0.330 e. The molecule has 0 aliphatic heterocycles. The fraction of sp³-hybridized carbons (Fsp3) is 0.737. The number of nitrogen functional groups attached to an aromatic ring is 1. The SMILES string of the molecule is CCCCN(C(=S)NC1CCCCC1)c1c(N)n(CCCC)c(=O)[nH]c1=O. The van der Waals surface area contributed by atoms with Gasteiger partial charge in [0.2, 0.25) is 0 Å². The smallest absolute Gasteiger partial charge is 0.330 e. The summed E-state index contributed by atoms with van der Waals surface area (Å²) in [7, 11) is 0. The summed E-state index contributed by atoms with van der Waals surface area (Å²) in [5.41, 5.74) is 5.63. The van der Waals surface area contributed by atoms with Crippen molar-refractivity contribution in [3.8, 4) is 0 Å². The molecule has 8 heteroatoms. The number of nitrogens with two attached hydrogens (primary N) is 1. The topological polar surface area (TPSA) is 96.2 Å². The first-order valence-electron chi connectivity index (χ1n) is 10.2. The Morgan fingerprint density at radius 2 is 1.89 bits per heavy atom. The van der Waals surface area contributed by atoms with Crippen molar-refractivity contribution in [2.24, 2.45) is 0 Å². The lowest BCUT2D eigenvalue weighted by atomic mass is 9.96. The van der Waals surface area contributed by atoms with E-state index < -0.39 is 11.2 Å². The van der Waals surface area contributed by atoms with Crippen LogP contribution in [0.4, 0.5) is 11.5 Å². The Labute approximate surface area is 166 Å². The molecule has 0 unspecified atom stereocenters. The predicted molar refractivity (Wildman–Crippen MR) is 116 cm³/mol. The molecule has 27 heavy (non-hydrogen) atoms. The van der Waals surface area contributed by atoms with E-state index in [4.69, 9.17) is 18.0 Å². The Kier molecular flexibility index (Phi) is 8.34. The van der Waals surface area contributed by atoms with Gasteiger partial charge in [-0.05, 0) is 37.9 Å². The number of hydrogen-bond acceptors (Lipinski definition) is 4. The summed E-state index contributed by atoms with van der Waals surface area (Å²) in [6, 6.07) is 0.335. The first kappa shape index (κ1) is 21.5. The van der Waals surface area contributed by atoms with Crippen molar-refractivity contribution >= 4 is 28.8 Å². The van der Waals surface area contributed by atoms with Crippen LogP contribution in [0, 0.1) is 0 Å². The van der Waals surface area contributed by atoms with E-state index in [0.29, 0.717) is 24.2 Å². The number of hydrogen-bond donors (Lipinski definition) is 3. The zero-order valence-electron chi connectivity index (χ0n) is 16.6. The monoisotopic (exact) mass is 395 g/mol. The van der Waals surface area contributed by atoms with E-state index in [2.05, 4.69) is 17.2 Å². The highest BCUT2D eigenvalue weighted by Gasteiger charge is 2.24. The molecule has 1 aromatic heterocycles. The Bertz CT molecular complexity index is 737. The van der Waals surface area contributed by atoms with E-state index in [9.17, 15) is 9.59 Å². The molecule has 1 aliphatic carbocycles. The van der Waals surface area contributed by atoms with Crippen LogP contribution in [-0.2, 0) is 6.54 Å². The maximum atomic E-state index is 12.6. The number of nitrogens with one attached hydrogen (secondary N) is 2. The van der Waals surface area contributed by atoms with Gasteiger partial charge in [0.25, 0.3) is 5.56 Å². The van der Waals surface area contributed by atoms with Crippen molar-refractivity contribution in [1.29, 1.82) is 0 Å². The quantitative estimate of drug-likeness (QED) is 0.586. The average molecular weight is 396 g/mol. The van der Waals surface area contributed by atoms with Crippen LogP contribution in [0.3, 0.4) is 0 Å². The minimum absolute atomic E-state index is 0.195. The van der Waals surface area contributed by atoms with Crippen molar-refractivity contribution in [3.05, 3.63) is 20.8 Å². The number of anilines is 2. The van der Waals surface area contributed by atoms with Gasteiger partial charge in [-0.1, -0.05) is 46.0 Å². The molecule has 1 aliphatic rings. The number of rotatable bonds is 8. The van der Waals surface area contributed by atoms with E-state index in [0.717, 1.165) is 38.5 Å². The molecule has 1 saturated carbocycles. The molecule has 7 nitrogen and oxygen atoms in total. The van der Waals surface area contributed by atoms with Gasteiger partial charge in [-0.15, -0.1) is 0 Å². The number of thiocarbonyl (C=S) groups is 1. The summed E-state index contributed by atoms with van der Waals surface area (Å²) in [5, 5.41) is 3.94. The summed E-state index contributed by atoms with van der Waals surface area (Å²) in [5.74, 6) is 0.195. The van der Waals surface area contributed by atoms with Gasteiger partial charge in [0.1, 0.15) is 5.82 Å². The highest BCUT2D eigenvalue weighted by molar-refractivity contribution is 7.80. The van der Waals surface area contributed by atoms with Gasteiger partial charge in [0.05, 0.1) is 0 Å². The normalized spacial score (nSPS) is 14.9. The molecule has 1 heterocycles. The molecule has 2 rings (SSSR count). The van der Waals surface area contributed by atoms with E-state index in [1.807, 2.05) is 6.92 Å². The molecule has 0 aromatic carbocycles. The lowest BCUT2D eigenvalue weighted by Crippen LogP contribution is -2.49. The fourth-order valence-corrected chi connectivity index (χ4v) is 3.86. The van der Waals surface area contributed by atoms with Crippen molar-refractivity contribution in [2.75, 3.05) is 17.2 Å². The van der Waals surface area contributed by atoms with Crippen LogP contribution >= 0.6 is 12.2 Å².